The number of benzene rings is 1. The molecule has 0 fully saturated rings. The van der Waals surface area contributed by atoms with Crippen LogP contribution in [0, 0.1) is 35.5 Å². The third-order valence-electron chi connectivity index (χ3n) is 15.3. The second-order valence-corrected chi connectivity index (χ2v) is 24.8. The van der Waals surface area contributed by atoms with Crippen LogP contribution in [0.15, 0.2) is 30.3 Å². The molecule has 0 saturated carbocycles. The van der Waals surface area contributed by atoms with Crippen molar-refractivity contribution < 1.29 is 72.5 Å². The fourth-order valence-electron chi connectivity index (χ4n) is 9.13. The van der Waals surface area contributed by atoms with Crippen LogP contribution in [0.25, 0.3) is 0 Å². The lowest BCUT2D eigenvalue weighted by molar-refractivity contribution is -0.143. The quantitative estimate of drug-likeness (QED) is 0.0353. The molecule has 15 atom stereocenters. The Bertz CT molecular complexity index is 2580. The van der Waals surface area contributed by atoms with Crippen LogP contribution in [0.2, 0.25) is 0 Å². The Morgan fingerprint density at radius 1 is 0.478 bits per heavy atom. The Kier molecular flexibility index (Phi) is 36.2. The van der Waals surface area contributed by atoms with Gasteiger partial charge in [0.05, 0.1) is 18.7 Å². The number of rotatable bonds is 41. The van der Waals surface area contributed by atoms with E-state index in [1.165, 1.54) is 13.8 Å². The van der Waals surface area contributed by atoms with Gasteiger partial charge in [-0.1, -0.05) is 133 Å². The van der Waals surface area contributed by atoms with Crippen molar-refractivity contribution in [1.82, 2.24) is 58.5 Å². The van der Waals surface area contributed by atoms with Gasteiger partial charge in [0.2, 0.25) is 70.9 Å². The van der Waals surface area contributed by atoms with E-state index in [4.69, 9.17) is 11.5 Å². The van der Waals surface area contributed by atoms with Gasteiger partial charge in [-0.15, -0.1) is 0 Å². The van der Waals surface area contributed by atoms with Crippen molar-refractivity contribution in [2.45, 2.75) is 221 Å². The summed E-state index contributed by atoms with van der Waals surface area (Å²) in [6.45, 7) is 22.6. The highest BCUT2D eigenvalue weighted by Gasteiger charge is 2.38. The molecule has 29 heteroatoms. The smallest absolute Gasteiger partial charge is 0.326 e. The number of primary amides is 1. The zero-order valence-electron chi connectivity index (χ0n) is 54.7. The third-order valence-corrected chi connectivity index (χ3v) is 15.7. The Morgan fingerprint density at radius 3 is 1.36 bits per heavy atom. The molecule has 0 aliphatic rings. The molecule has 1 aromatic rings. The molecule has 0 spiro atoms. The van der Waals surface area contributed by atoms with Gasteiger partial charge in [0.25, 0.3) is 0 Å². The van der Waals surface area contributed by atoms with Crippen molar-refractivity contribution in [3.05, 3.63) is 35.9 Å². The van der Waals surface area contributed by atoms with Gasteiger partial charge in [-0.3, -0.25) is 57.5 Å². The largest absolute Gasteiger partial charge is 0.480 e. The number of nitrogens with one attached hydrogen (secondary N) is 11. The Morgan fingerprint density at radius 2 is 0.889 bits per heavy atom. The highest BCUT2D eigenvalue weighted by molar-refractivity contribution is 7.80. The Hall–Kier alpha value is -7.40. The number of aliphatic carboxylic acids is 1. The van der Waals surface area contributed by atoms with E-state index in [1.807, 2.05) is 0 Å². The minimum absolute atomic E-state index is 0.0599. The number of carbonyl (C=O) groups is 13. The molecule has 0 heterocycles. The summed E-state index contributed by atoms with van der Waals surface area (Å²) in [4.78, 5) is 175. The molecule has 508 valence electrons. The lowest BCUT2D eigenvalue weighted by Crippen LogP contribution is -2.62. The van der Waals surface area contributed by atoms with Crippen LogP contribution in [0.1, 0.15) is 147 Å². The molecule has 0 aromatic heterocycles. The molecule has 1 aromatic carbocycles. The van der Waals surface area contributed by atoms with Gasteiger partial charge >= 0.3 is 5.97 Å². The van der Waals surface area contributed by atoms with Crippen molar-refractivity contribution in [3.63, 3.8) is 0 Å². The van der Waals surface area contributed by atoms with Crippen LogP contribution in [0.3, 0.4) is 0 Å². The van der Waals surface area contributed by atoms with Crippen molar-refractivity contribution in [1.29, 1.82) is 0 Å². The third kappa shape index (κ3) is 28.2. The van der Waals surface area contributed by atoms with Crippen LogP contribution in [0.5, 0.6) is 0 Å². The van der Waals surface area contributed by atoms with E-state index >= 15 is 0 Å². The average molecular weight is 1290 g/mol. The lowest BCUT2D eigenvalue weighted by atomic mass is 9.94. The highest BCUT2D eigenvalue weighted by Crippen LogP contribution is 2.16. The van der Waals surface area contributed by atoms with Crippen LogP contribution in [0.4, 0.5) is 0 Å². The van der Waals surface area contributed by atoms with Crippen LogP contribution in [-0.4, -0.2) is 172 Å². The van der Waals surface area contributed by atoms with Gasteiger partial charge in [-0.2, -0.15) is 12.6 Å². The number of amides is 12. The number of hydrogen-bond acceptors (Lipinski definition) is 16. The van der Waals surface area contributed by atoms with Crippen molar-refractivity contribution in [2.75, 3.05) is 12.3 Å². The first kappa shape index (κ1) is 80.6. The SMILES string of the molecule is CC[C@H](C)[C@H](NC(=O)CNC(=O)[C@@H](NC(=O)[C@@H](N)Cc1ccccc1)[C@@H](C)O)C(=O)N[C@@H](CCC(N)=O)C(=O)N[C@H](C(=O)N[C@H](C(=O)N[C@@H](CS)C(=O)N[C@@H](CC(C)C)C(=O)N[C@@H](C)C(=O)N[C@H](C(=O)N[C@@H](CC(C)C)C(=O)O)C(C)C)[C@@H](C)CC)[C@@H](C)CC. The Balaban J connectivity index is 3.33. The Labute approximate surface area is 534 Å². The number of aliphatic hydroxyl groups is 1. The number of nitrogens with two attached hydrogens (primary N) is 2. The van der Waals surface area contributed by atoms with E-state index in [0.29, 0.717) is 19.3 Å². The van der Waals surface area contributed by atoms with Crippen molar-refractivity contribution >= 4 is 89.5 Å². The van der Waals surface area contributed by atoms with E-state index in [9.17, 15) is 72.5 Å². The molecule has 1 rings (SSSR count). The van der Waals surface area contributed by atoms with Gasteiger partial charge in [-0.05, 0) is 80.6 Å². The predicted octanol–water partition coefficient (Wildman–Crippen LogP) is -0.912. The highest BCUT2D eigenvalue weighted by atomic mass is 32.1. The first-order valence-electron chi connectivity index (χ1n) is 30.9. The van der Waals surface area contributed by atoms with Crippen molar-refractivity contribution in [2.24, 2.45) is 47.0 Å². The van der Waals surface area contributed by atoms with E-state index in [1.54, 1.807) is 113 Å². The van der Waals surface area contributed by atoms with Gasteiger partial charge < -0.3 is 80.2 Å². The minimum atomic E-state index is -1.52. The van der Waals surface area contributed by atoms with E-state index < -0.39 is 186 Å². The lowest BCUT2D eigenvalue weighted by Gasteiger charge is -2.31. The number of carboxylic acid groups (broad SMARTS) is 1. The van der Waals surface area contributed by atoms with Crippen LogP contribution in [-0.2, 0) is 68.7 Å². The second-order valence-electron chi connectivity index (χ2n) is 24.4. The summed E-state index contributed by atoms with van der Waals surface area (Å²) >= 11 is 4.32. The predicted molar refractivity (Wildman–Crippen MR) is 340 cm³/mol. The number of thiol groups is 1. The molecule has 0 unspecified atom stereocenters. The zero-order valence-corrected chi connectivity index (χ0v) is 55.5. The summed E-state index contributed by atoms with van der Waals surface area (Å²) in [5, 5.41) is 48.2. The fourth-order valence-corrected chi connectivity index (χ4v) is 9.38. The topological polar surface area (TPSA) is 447 Å². The first-order chi connectivity index (χ1) is 42.0. The summed E-state index contributed by atoms with van der Waals surface area (Å²) in [5.74, 6) is -14.0. The van der Waals surface area contributed by atoms with E-state index in [0.717, 1.165) is 5.56 Å². The van der Waals surface area contributed by atoms with E-state index in [2.05, 4.69) is 71.1 Å². The summed E-state index contributed by atoms with van der Waals surface area (Å²) in [7, 11) is 0. The molecule has 12 amide bonds. The fraction of sp³-hybridized carbons (Fsp3) is 0.689. The zero-order chi connectivity index (χ0) is 68.9. The number of carbonyl (C=O) groups excluding carboxylic acids is 12. The standard InChI is InChI=1S/C61H103N13O15S/c1-15-33(10)47(70-45(77)28-64-56(83)50(37(14)75)74-52(79)39(62)27-38-21-19-18-20-22-38)58(85)66-40(23-24-44(63)76)53(80)72-49(35(12)17-3)60(87)73-48(34(11)16-2)59(86)69-43(29-90)55(82)67-41(25-30(4)5)54(81)65-36(13)51(78)71-46(32(8)9)57(84)68-42(61(88)89)26-31(6)7/h18-22,30-37,39-43,46-50,75,90H,15-17,23-29,62H2,1-14H3,(H2,63,76)(H,64,83)(H,65,81)(H,66,85)(H,67,82)(H,68,84)(H,69,86)(H,70,77)(H,71,78)(H,72,80)(H,73,87)(H,74,79)(H,88,89)/t33-,34-,35-,36-,37+,39-,40-,41-,42-,43-,46-,47-,48-,49-,50-/m0/s1. The molecular weight excluding hydrogens is 1190 g/mol. The van der Waals surface area contributed by atoms with Crippen LogP contribution < -0.4 is 70.0 Å². The van der Waals surface area contributed by atoms with Crippen molar-refractivity contribution in [3.8, 4) is 0 Å². The molecule has 0 aliphatic heterocycles. The monoisotopic (exact) mass is 1290 g/mol. The molecule has 28 nitrogen and oxygen atoms in total. The number of carboxylic acids is 1. The molecule has 0 aliphatic carbocycles. The number of aliphatic hydroxyl groups excluding tert-OH is 1. The summed E-state index contributed by atoms with van der Waals surface area (Å²) in [5.41, 5.74) is 12.3. The van der Waals surface area contributed by atoms with E-state index in [-0.39, 0.29) is 43.3 Å². The summed E-state index contributed by atoms with van der Waals surface area (Å²) < 4.78 is 0. The number of hydrogen-bond donors (Lipinski definition) is 16. The average Bonchev–Trinajstić information content (AvgIpc) is 1.21. The van der Waals surface area contributed by atoms with Gasteiger partial charge in [0.1, 0.15) is 60.4 Å². The maximum atomic E-state index is 14.4. The maximum Gasteiger partial charge on any atom is 0.326 e. The molecule has 0 bridgehead atoms. The minimum Gasteiger partial charge on any atom is -0.480 e. The maximum absolute atomic E-state index is 14.4. The summed E-state index contributed by atoms with van der Waals surface area (Å²) in [6.07, 6.45) is -0.860. The normalized spacial score (nSPS) is 16.4. The van der Waals surface area contributed by atoms with Gasteiger partial charge in [0, 0.05) is 12.2 Å². The molecular formula is C61H103N13O15S. The van der Waals surface area contributed by atoms with Gasteiger partial charge in [-0.25, -0.2) is 4.79 Å². The molecule has 0 saturated heterocycles. The molecule has 0 radical (unpaired) electrons. The molecule has 17 N–H and O–H groups in total. The molecule has 90 heavy (non-hydrogen) atoms. The summed E-state index contributed by atoms with van der Waals surface area (Å²) in [6, 6.07) is -5.52. The second kappa shape index (κ2) is 40.4. The first-order valence-corrected chi connectivity index (χ1v) is 31.6. The van der Waals surface area contributed by atoms with Crippen LogP contribution >= 0.6 is 12.6 Å². The van der Waals surface area contributed by atoms with Gasteiger partial charge in [0.15, 0.2) is 0 Å².